The summed E-state index contributed by atoms with van der Waals surface area (Å²) >= 11 is 0. The van der Waals surface area contributed by atoms with E-state index in [0.717, 1.165) is 0 Å². The molecule has 0 fully saturated rings. The average molecular weight is 410 g/mol. The molecule has 1 atom stereocenters. The van der Waals surface area contributed by atoms with Gasteiger partial charge in [-0.25, -0.2) is 4.39 Å². The number of allylic oxidation sites excluding steroid dienone is 1. The van der Waals surface area contributed by atoms with Crippen molar-refractivity contribution in [1.29, 1.82) is 0 Å². The van der Waals surface area contributed by atoms with Crippen LogP contribution in [0.3, 0.4) is 0 Å². The summed E-state index contributed by atoms with van der Waals surface area (Å²) in [5.74, 6) is 0.687. The Balaban J connectivity index is 1.74. The maximum absolute atomic E-state index is 13.5. The van der Waals surface area contributed by atoms with E-state index in [1.165, 1.54) is 23.9 Å². The van der Waals surface area contributed by atoms with Crippen LogP contribution < -0.4 is 20.1 Å². The molecule has 1 aliphatic rings. The summed E-state index contributed by atoms with van der Waals surface area (Å²) in [6.07, 6.45) is 0. The molecule has 1 aromatic heterocycles. The maximum atomic E-state index is 13.5. The number of carbonyl (C=O) groups is 1. The molecule has 1 aliphatic heterocycles. The van der Waals surface area contributed by atoms with Gasteiger partial charge in [-0.3, -0.25) is 4.79 Å². The molecule has 3 aromatic rings. The van der Waals surface area contributed by atoms with E-state index >= 15 is 0 Å². The fraction of sp³-hybridized carbons (Fsp3) is 0.200. The van der Waals surface area contributed by atoms with Crippen molar-refractivity contribution in [2.45, 2.75) is 13.0 Å². The van der Waals surface area contributed by atoms with Crippen LogP contribution in [0.2, 0.25) is 0 Å². The van der Waals surface area contributed by atoms with E-state index in [9.17, 15) is 9.18 Å². The molecule has 154 valence electrons. The van der Waals surface area contributed by atoms with Crippen LogP contribution in [0.15, 0.2) is 53.7 Å². The molecule has 9 nitrogen and oxygen atoms in total. The fourth-order valence-corrected chi connectivity index (χ4v) is 3.35. The molecule has 1 amide bonds. The van der Waals surface area contributed by atoms with E-state index in [0.29, 0.717) is 40.0 Å². The number of amides is 1. The van der Waals surface area contributed by atoms with Crippen molar-refractivity contribution in [3.63, 3.8) is 0 Å². The molecule has 0 aliphatic carbocycles. The summed E-state index contributed by atoms with van der Waals surface area (Å²) in [6, 6.07) is 10.3. The van der Waals surface area contributed by atoms with Crippen LogP contribution in [-0.4, -0.2) is 40.3 Å². The summed E-state index contributed by atoms with van der Waals surface area (Å²) in [5.41, 5.74) is 2.11. The Hall–Kier alpha value is -3.95. The summed E-state index contributed by atoms with van der Waals surface area (Å²) in [7, 11) is 3.05. The van der Waals surface area contributed by atoms with Crippen LogP contribution in [0.1, 0.15) is 18.5 Å². The quantitative estimate of drug-likeness (QED) is 0.667. The molecule has 0 saturated carbocycles. The van der Waals surface area contributed by atoms with E-state index in [4.69, 9.17) is 9.47 Å². The summed E-state index contributed by atoms with van der Waals surface area (Å²) in [6.45, 7) is 1.76. The highest BCUT2D eigenvalue weighted by molar-refractivity contribution is 6.06. The van der Waals surface area contributed by atoms with Gasteiger partial charge in [0, 0.05) is 11.8 Å². The average Bonchev–Trinajstić information content (AvgIpc) is 3.21. The number of ether oxygens (including phenoxy) is 2. The molecule has 0 spiro atoms. The first kappa shape index (κ1) is 19.4. The highest BCUT2D eigenvalue weighted by Gasteiger charge is 2.34. The lowest BCUT2D eigenvalue weighted by molar-refractivity contribution is -0.113. The number of fused-ring (bicyclic) bond motifs is 1. The zero-order chi connectivity index (χ0) is 21.3. The number of hydrogen-bond acceptors (Lipinski definition) is 7. The number of benzene rings is 2. The monoisotopic (exact) mass is 410 g/mol. The Bertz CT molecular complexity index is 1130. The number of nitrogens with zero attached hydrogens (tertiary/aromatic N) is 4. The molecule has 2 heterocycles. The topological polar surface area (TPSA) is 103 Å². The second-order valence-electron chi connectivity index (χ2n) is 6.59. The van der Waals surface area contributed by atoms with E-state index in [2.05, 4.69) is 26.2 Å². The van der Waals surface area contributed by atoms with Crippen LogP contribution in [-0.2, 0) is 4.79 Å². The molecule has 0 bridgehead atoms. The first-order chi connectivity index (χ1) is 14.5. The number of methoxy groups -OCH3 is 2. The van der Waals surface area contributed by atoms with Gasteiger partial charge in [0.2, 0.25) is 5.95 Å². The minimum Gasteiger partial charge on any atom is -0.497 e. The molecule has 0 unspecified atom stereocenters. The normalized spacial score (nSPS) is 15.3. The highest BCUT2D eigenvalue weighted by Crippen LogP contribution is 2.36. The Morgan fingerprint density at radius 1 is 1.17 bits per heavy atom. The van der Waals surface area contributed by atoms with Gasteiger partial charge in [0.15, 0.2) is 0 Å². The van der Waals surface area contributed by atoms with Gasteiger partial charge >= 0.3 is 0 Å². The number of rotatable bonds is 5. The van der Waals surface area contributed by atoms with Gasteiger partial charge in [-0.1, -0.05) is 17.2 Å². The highest BCUT2D eigenvalue weighted by atomic mass is 19.1. The van der Waals surface area contributed by atoms with Crippen molar-refractivity contribution in [3.05, 3.63) is 65.1 Å². The molecule has 30 heavy (non-hydrogen) atoms. The van der Waals surface area contributed by atoms with Crippen LogP contribution in [0.5, 0.6) is 11.5 Å². The van der Waals surface area contributed by atoms with Gasteiger partial charge in [-0.2, -0.15) is 4.68 Å². The number of nitrogens with one attached hydrogen (secondary N) is 2. The SMILES string of the molecule is COc1ccc(NC(=O)C2=C(C)Nc3nnnn3[C@@H]2c2ccc(F)cc2)c(OC)c1. The third-order valence-corrected chi connectivity index (χ3v) is 4.80. The maximum Gasteiger partial charge on any atom is 0.255 e. The Labute approximate surface area is 171 Å². The predicted molar refractivity (Wildman–Crippen MR) is 107 cm³/mol. The second-order valence-corrected chi connectivity index (χ2v) is 6.59. The second kappa shape index (κ2) is 7.82. The number of carbonyl (C=O) groups excluding carboxylic acids is 1. The number of aromatic nitrogens is 4. The third-order valence-electron chi connectivity index (χ3n) is 4.80. The van der Waals surface area contributed by atoms with Crippen molar-refractivity contribution >= 4 is 17.5 Å². The van der Waals surface area contributed by atoms with Gasteiger partial charge < -0.3 is 20.1 Å². The Morgan fingerprint density at radius 3 is 2.63 bits per heavy atom. The van der Waals surface area contributed by atoms with Crippen molar-refractivity contribution in [1.82, 2.24) is 20.2 Å². The van der Waals surface area contributed by atoms with E-state index in [-0.39, 0.29) is 11.7 Å². The first-order valence-corrected chi connectivity index (χ1v) is 9.06. The molecule has 0 radical (unpaired) electrons. The minimum atomic E-state index is -0.638. The number of tetrazole rings is 1. The van der Waals surface area contributed by atoms with Crippen LogP contribution >= 0.6 is 0 Å². The number of halogens is 1. The van der Waals surface area contributed by atoms with Gasteiger partial charge in [-0.15, -0.1) is 0 Å². The molecular formula is C20H19FN6O3. The van der Waals surface area contributed by atoms with Gasteiger partial charge in [0.25, 0.3) is 5.91 Å². The Morgan fingerprint density at radius 2 is 1.93 bits per heavy atom. The summed E-state index contributed by atoms with van der Waals surface area (Å²) < 4.78 is 25.5. The van der Waals surface area contributed by atoms with Crippen molar-refractivity contribution in [3.8, 4) is 11.5 Å². The van der Waals surface area contributed by atoms with Crippen molar-refractivity contribution in [2.75, 3.05) is 24.9 Å². The van der Waals surface area contributed by atoms with Crippen LogP contribution in [0.4, 0.5) is 16.0 Å². The fourth-order valence-electron chi connectivity index (χ4n) is 3.35. The van der Waals surface area contributed by atoms with E-state index in [1.54, 1.807) is 44.4 Å². The zero-order valence-electron chi connectivity index (χ0n) is 16.5. The molecule has 0 saturated heterocycles. The summed E-state index contributed by atoms with van der Waals surface area (Å²) in [4.78, 5) is 13.3. The molecule has 2 aromatic carbocycles. The number of anilines is 2. The van der Waals surface area contributed by atoms with Gasteiger partial charge in [0.1, 0.15) is 23.4 Å². The molecule has 10 heteroatoms. The number of hydrogen-bond donors (Lipinski definition) is 2. The lowest BCUT2D eigenvalue weighted by Crippen LogP contribution is -2.31. The Kier molecular flexibility index (Phi) is 5.05. The van der Waals surface area contributed by atoms with Gasteiger partial charge in [-0.05, 0) is 47.2 Å². The first-order valence-electron chi connectivity index (χ1n) is 9.06. The van der Waals surface area contributed by atoms with Crippen LogP contribution in [0.25, 0.3) is 0 Å². The zero-order valence-corrected chi connectivity index (χ0v) is 16.5. The lowest BCUT2D eigenvalue weighted by Gasteiger charge is -2.28. The smallest absolute Gasteiger partial charge is 0.255 e. The lowest BCUT2D eigenvalue weighted by atomic mass is 9.95. The third kappa shape index (κ3) is 3.43. The van der Waals surface area contributed by atoms with E-state index in [1.807, 2.05) is 0 Å². The minimum absolute atomic E-state index is 0.376. The van der Waals surface area contributed by atoms with Crippen molar-refractivity contribution in [2.24, 2.45) is 0 Å². The molecular weight excluding hydrogens is 391 g/mol. The standard InChI is InChI=1S/C20H19FN6O3/c1-11-17(19(28)23-15-9-8-14(29-2)10-16(15)30-3)18(12-4-6-13(21)7-5-12)27-20(22-11)24-25-26-27/h4-10,18H,1-3H3,(H,23,28)(H,22,24,26)/t18-/m1/s1. The predicted octanol–water partition coefficient (Wildman–Crippen LogP) is 2.76. The molecule has 4 rings (SSSR count). The van der Waals surface area contributed by atoms with Crippen molar-refractivity contribution < 1.29 is 18.7 Å². The molecule has 2 N–H and O–H groups in total. The van der Waals surface area contributed by atoms with E-state index < -0.39 is 6.04 Å². The summed E-state index contributed by atoms with van der Waals surface area (Å²) in [5, 5.41) is 17.6. The van der Waals surface area contributed by atoms with Crippen LogP contribution in [0, 0.1) is 5.82 Å². The largest absolute Gasteiger partial charge is 0.497 e. The van der Waals surface area contributed by atoms with Gasteiger partial charge in [0.05, 0.1) is 25.5 Å².